The van der Waals surface area contributed by atoms with Crippen LogP contribution in [0.1, 0.15) is 29.5 Å². The molecule has 0 bridgehead atoms. The Bertz CT molecular complexity index is 1440. The van der Waals surface area contributed by atoms with Gasteiger partial charge in [0.05, 0.1) is 18.0 Å². The predicted molar refractivity (Wildman–Crippen MR) is 135 cm³/mol. The summed E-state index contributed by atoms with van der Waals surface area (Å²) < 4.78 is 24.7. The lowest BCUT2D eigenvalue weighted by atomic mass is 9.88. The molecule has 0 amide bonds. The monoisotopic (exact) mass is 483 g/mol. The summed E-state index contributed by atoms with van der Waals surface area (Å²) in [6, 6.07) is 18.9. The van der Waals surface area contributed by atoms with E-state index in [4.69, 9.17) is 9.47 Å². The van der Waals surface area contributed by atoms with Gasteiger partial charge in [-0.2, -0.15) is 0 Å². The molecule has 1 aliphatic carbocycles. The van der Waals surface area contributed by atoms with Gasteiger partial charge in [-0.05, 0) is 78.9 Å². The lowest BCUT2D eigenvalue weighted by molar-refractivity contribution is -0.133. The van der Waals surface area contributed by atoms with Gasteiger partial charge < -0.3 is 9.47 Å². The number of Topliss-reactive ketones (excluding diaryl/α,β-unsaturated/α-hetero) is 2. The van der Waals surface area contributed by atoms with E-state index in [0.29, 0.717) is 24.3 Å². The number of carbonyl (C=O) groups is 2. The summed E-state index contributed by atoms with van der Waals surface area (Å²) in [4.78, 5) is 30.4. The largest absolute Gasteiger partial charge is 0.496 e. The molecule has 0 atom stereocenters. The number of aromatic nitrogens is 1. The van der Waals surface area contributed by atoms with Gasteiger partial charge in [-0.1, -0.05) is 24.3 Å². The standard InChI is InChI=1S/C30H26FNO4/c1-19-15-25-24(18-27(19)35-2)26(11-14-32-25)36-23-9-5-21(6-10-23)17-29(34)30(12-13-30)28(33)16-20-3-7-22(31)8-4-20/h3-11,14-15,18H,12-13,16-17H2,1-2H3. The molecule has 5 rings (SSSR count). The quantitative estimate of drug-likeness (QED) is 0.266. The second kappa shape index (κ2) is 9.53. The van der Waals surface area contributed by atoms with E-state index in [9.17, 15) is 14.0 Å². The summed E-state index contributed by atoms with van der Waals surface area (Å²) in [6.45, 7) is 1.97. The second-order valence-corrected chi connectivity index (χ2v) is 9.30. The van der Waals surface area contributed by atoms with E-state index < -0.39 is 5.41 Å². The van der Waals surface area contributed by atoms with Crippen molar-refractivity contribution in [3.63, 3.8) is 0 Å². The molecule has 0 aliphatic heterocycles. The van der Waals surface area contributed by atoms with Crippen LogP contribution in [0.2, 0.25) is 0 Å². The molecule has 0 N–H and O–H groups in total. The minimum atomic E-state index is -0.906. The van der Waals surface area contributed by atoms with Gasteiger partial charge >= 0.3 is 0 Å². The van der Waals surface area contributed by atoms with Crippen LogP contribution < -0.4 is 9.47 Å². The third-order valence-corrected chi connectivity index (χ3v) is 6.83. The summed E-state index contributed by atoms with van der Waals surface area (Å²) in [5.74, 6) is 1.55. The molecule has 6 heteroatoms. The van der Waals surface area contributed by atoms with Crippen molar-refractivity contribution in [2.75, 3.05) is 7.11 Å². The molecule has 0 unspecified atom stereocenters. The molecule has 5 nitrogen and oxygen atoms in total. The molecule has 1 saturated carbocycles. The van der Waals surface area contributed by atoms with Crippen LogP contribution in [0.25, 0.3) is 10.9 Å². The number of ketones is 2. The first-order valence-corrected chi connectivity index (χ1v) is 11.9. The summed E-state index contributed by atoms with van der Waals surface area (Å²) in [6.07, 6.45) is 3.18. The molecule has 1 aromatic heterocycles. The van der Waals surface area contributed by atoms with Crippen LogP contribution in [-0.2, 0) is 22.4 Å². The summed E-state index contributed by atoms with van der Waals surface area (Å²) >= 11 is 0. The van der Waals surface area contributed by atoms with Crippen molar-refractivity contribution in [3.8, 4) is 17.2 Å². The number of aryl methyl sites for hydroxylation is 1. The highest BCUT2D eigenvalue weighted by molar-refractivity contribution is 6.10. The molecule has 1 heterocycles. The number of pyridine rings is 1. The van der Waals surface area contributed by atoms with Crippen molar-refractivity contribution in [3.05, 3.63) is 95.4 Å². The molecular formula is C30H26FNO4. The Kier molecular flexibility index (Phi) is 6.27. The molecule has 182 valence electrons. The van der Waals surface area contributed by atoms with Crippen molar-refractivity contribution >= 4 is 22.5 Å². The lowest BCUT2D eigenvalue weighted by Gasteiger charge is -2.14. The Hall–Kier alpha value is -4.06. The average molecular weight is 484 g/mol. The molecule has 1 fully saturated rings. The lowest BCUT2D eigenvalue weighted by Crippen LogP contribution is -2.28. The molecule has 4 aromatic rings. The first-order chi connectivity index (χ1) is 17.4. The van der Waals surface area contributed by atoms with Crippen molar-refractivity contribution in [2.24, 2.45) is 5.41 Å². The number of nitrogens with zero attached hydrogens (tertiary/aromatic N) is 1. The van der Waals surface area contributed by atoms with Crippen molar-refractivity contribution in [2.45, 2.75) is 32.6 Å². The SMILES string of the molecule is COc1cc2c(Oc3ccc(CC(=O)C4(C(=O)Cc5ccc(F)cc5)CC4)cc3)ccnc2cc1C. The number of rotatable bonds is 9. The molecule has 0 spiro atoms. The minimum Gasteiger partial charge on any atom is -0.496 e. The average Bonchev–Trinajstić information content (AvgIpc) is 3.69. The van der Waals surface area contributed by atoms with Gasteiger partial charge in [0.25, 0.3) is 0 Å². The van der Waals surface area contributed by atoms with E-state index in [1.807, 2.05) is 43.3 Å². The number of ether oxygens (including phenoxy) is 2. The van der Waals surface area contributed by atoms with E-state index in [1.165, 1.54) is 12.1 Å². The minimum absolute atomic E-state index is 0.0640. The number of benzene rings is 3. The highest BCUT2D eigenvalue weighted by atomic mass is 19.1. The number of carbonyl (C=O) groups excluding carboxylic acids is 2. The van der Waals surface area contributed by atoms with E-state index in [1.54, 1.807) is 31.5 Å². The van der Waals surface area contributed by atoms with E-state index in [-0.39, 0.29) is 30.2 Å². The number of methoxy groups -OCH3 is 1. The van der Waals surface area contributed by atoms with Crippen LogP contribution in [0.3, 0.4) is 0 Å². The topological polar surface area (TPSA) is 65.5 Å². The number of hydrogen-bond acceptors (Lipinski definition) is 5. The fourth-order valence-corrected chi connectivity index (χ4v) is 4.51. The summed E-state index contributed by atoms with van der Waals surface area (Å²) in [7, 11) is 1.63. The van der Waals surface area contributed by atoms with Crippen LogP contribution in [0.4, 0.5) is 4.39 Å². The van der Waals surface area contributed by atoms with E-state index in [2.05, 4.69) is 4.98 Å². The highest BCUT2D eigenvalue weighted by Gasteiger charge is 2.54. The molecule has 3 aromatic carbocycles. The molecule has 36 heavy (non-hydrogen) atoms. The van der Waals surface area contributed by atoms with Crippen molar-refractivity contribution in [1.29, 1.82) is 0 Å². The number of halogens is 1. The van der Waals surface area contributed by atoms with Gasteiger partial charge in [0.15, 0.2) is 11.6 Å². The maximum absolute atomic E-state index is 13.1. The van der Waals surface area contributed by atoms with Gasteiger partial charge in [0.2, 0.25) is 0 Å². The maximum atomic E-state index is 13.1. The first-order valence-electron chi connectivity index (χ1n) is 11.9. The fraction of sp³-hybridized carbons (Fsp3) is 0.233. The van der Waals surface area contributed by atoms with E-state index in [0.717, 1.165) is 33.3 Å². The predicted octanol–water partition coefficient (Wildman–Crippen LogP) is 6.19. The molecule has 1 aliphatic rings. The number of hydrogen-bond donors (Lipinski definition) is 0. The normalized spacial score (nSPS) is 13.9. The van der Waals surface area contributed by atoms with Crippen LogP contribution in [0, 0.1) is 18.2 Å². The molecule has 0 radical (unpaired) electrons. The summed E-state index contributed by atoms with van der Waals surface area (Å²) in [5.41, 5.74) is 2.45. The van der Waals surface area contributed by atoms with Crippen molar-refractivity contribution < 1.29 is 23.5 Å². The second-order valence-electron chi connectivity index (χ2n) is 9.30. The Balaban J connectivity index is 1.27. The van der Waals surface area contributed by atoms with Crippen LogP contribution >= 0.6 is 0 Å². The fourth-order valence-electron chi connectivity index (χ4n) is 4.51. The molecule has 0 saturated heterocycles. The zero-order valence-electron chi connectivity index (χ0n) is 20.2. The van der Waals surface area contributed by atoms with Gasteiger partial charge in [-0.3, -0.25) is 14.6 Å². The Morgan fingerprint density at radius 2 is 1.50 bits per heavy atom. The van der Waals surface area contributed by atoms with Gasteiger partial charge in [0.1, 0.15) is 23.1 Å². The van der Waals surface area contributed by atoms with Gasteiger partial charge in [-0.15, -0.1) is 0 Å². The Morgan fingerprint density at radius 3 is 2.08 bits per heavy atom. The van der Waals surface area contributed by atoms with Crippen LogP contribution in [-0.4, -0.2) is 23.7 Å². The number of fused-ring (bicyclic) bond motifs is 1. The van der Waals surface area contributed by atoms with Crippen molar-refractivity contribution in [1.82, 2.24) is 4.98 Å². The highest BCUT2D eigenvalue weighted by Crippen LogP contribution is 2.48. The third-order valence-electron chi connectivity index (χ3n) is 6.83. The van der Waals surface area contributed by atoms with Gasteiger partial charge in [-0.25, -0.2) is 4.39 Å². The smallest absolute Gasteiger partial charge is 0.150 e. The summed E-state index contributed by atoms with van der Waals surface area (Å²) in [5, 5.41) is 0.842. The zero-order valence-corrected chi connectivity index (χ0v) is 20.2. The van der Waals surface area contributed by atoms with Crippen LogP contribution in [0.15, 0.2) is 72.9 Å². The first kappa shape index (κ1) is 23.7. The van der Waals surface area contributed by atoms with Gasteiger partial charge in [0, 0.05) is 24.4 Å². The Labute approximate surface area is 208 Å². The third kappa shape index (κ3) is 4.71. The Morgan fingerprint density at radius 1 is 0.889 bits per heavy atom. The van der Waals surface area contributed by atoms with E-state index >= 15 is 0 Å². The van der Waals surface area contributed by atoms with Crippen LogP contribution in [0.5, 0.6) is 17.2 Å². The molecular weight excluding hydrogens is 457 g/mol. The maximum Gasteiger partial charge on any atom is 0.150 e. The zero-order chi connectivity index (χ0) is 25.3.